The van der Waals surface area contributed by atoms with Crippen LogP contribution in [0.3, 0.4) is 0 Å². The molecular formula is C25H30N4O5. The molecular weight excluding hydrogens is 436 g/mol. The first-order valence-corrected chi connectivity index (χ1v) is 11.3. The number of rotatable bonds is 10. The second kappa shape index (κ2) is 11.9. The Kier molecular flexibility index (Phi) is 8.75. The quantitative estimate of drug-likeness (QED) is 0.401. The normalized spacial score (nSPS) is 17.0. The van der Waals surface area contributed by atoms with E-state index >= 15 is 0 Å². The lowest BCUT2D eigenvalue weighted by Gasteiger charge is -2.28. The Morgan fingerprint density at radius 2 is 1.56 bits per heavy atom. The zero-order valence-electron chi connectivity index (χ0n) is 18.9. The molecule has 0 saturated carbocycles. The maximum atomic E-state index is 13.1. The number of carbonyl (C=O) groups is 4. The largest absolute Gasteiger partial charge is 0.480 e. The van der Waals surface area contributed by atoms with E-state index in [1.54, 1.807) is 0 Å². The van der Waals surface area contributed by atoms with Gasteiger partial charge in [-0.05, 0) is 30.4 Å². The van der Waals surface area contributed by atoms with E-state index in [1.807, 2.05) is 60.7 Å². The molecule has 34 heavy (non-hydrogen) atoms. The van der Waals surface area contributed by atoms with Gasteiger partial charge in [0.2, 0.25) is 17.7 Å². The molecule has 0 aliphatic carbocycles. The van der Waals surface area contributed by atoms with Gasteiger partial charge in [-0.1, -0.05) is 60.7 Å². The van der Waals surface area contributed by atoms with Gasteiger partial charge in [-0.15, -0.1) is 0 Å². The van der Waals surface area contributed by atoms with Crippen molar-refractivity contribution in [2.45, 2.75) is 43.8 Å². The third-order valence-electron chi connectivity index (χ3n) is 5.78. The lowest BCUT2D eigenvalue weighted by Crippen LogP contribution is -2.56. The van der Waals surface area contributed by atoms with Crippen molar-refractivity contribution in [3.8, 4) is 0 Å². The van der Waals surface area contributed by atoms with Gasteiger partial charge < -0.3 is 26.4 Å². The summed E-state index contributed by atoms with van der Waals surface area (Å²) in [6, 6.07) is 16.0. The summed E-state index contributed by atoms with van der Waals surface area (Å²) in [5.41, 5.74) is 7.91. The fourth-order valence-corrected chi connectivity index (χ4v) is 4.08. The minimum atomic E-state index is -1.18. The molecule has 1 aliphatic rings. The van der Waals surface area contributed by atoms with E-state index in [2.05, 4.69) is 10.6 Å². The lowest BCUT2D eigenvalue weighted by atomic mass is 10.0. The topological polar surface area (TPSA) is 142 Å². The minimum absolute atomic E-state index is 0.187. The predicted octanol–water partition coefficient (Wildman–Crippen LogP) is 0.476. The number of hydrogen-bond donors (Lipinski definition) is 4. The molecule has 3 unspecified atom stereocenters. The molecule has 0 spiro atoms. The molecule has 3 rings (SSSR count). The van der Waals surface area contributed by atoms with Gasteiger partial charge in [0, 0.05) is 13.0 Å². The van der Waals surface area contributed by atoms with Crippen molar-refractivity contribution in [2.24, 2.45) is 5.73 Å². The van der Waals surface area contributed by atoms with Gasteiger partial charge in [-0.3, -0.25) is 19.2 Å². The number of carbonyl (C=O) groups excluding carboxylic acids is 3. The van der Waals surface area contributed by atoms with E-state index in [4.69, 9.17) is 10.8 Å². The molecule has 180 valence electrons. The summed E-state index contributed by atoms with van der Waals surface area (Å²) in [4.78, 5) is 51.2. The number of hydrogen-bond acceptors (Lipinski definition) is 5. The first-order chi connectivity index (χ1) is 16.3. The molecule has 1 heterocycles. The van der Waals surface area contributed by atoms with Crippen LogP contribution in [0.25, 0.3) is 0 Å². The van der Waals surface area contributed by atoms with Crippen molar-refractivity contribution < 1.29 is 24.3 Å². The molecule has 2 aromatic rings. The smallest absolute Gasteiger partial charge is 0.322 e. The van der Waals surface area contributed by atoms with E-state index in [0.29, 0.717) is 25.8 Å². The number of nitrogens with two attached hydrogens (primary N) is 1. The van der Waals surface area contributed by atoms with Crippen LogP contribution in [-0.4, -0.2) is 64.9 Å². The monoisotopic (exact) mass is 466 g/mol. The highest BCUT2D eigenvalue weighted by Crippen LogP contribution is 2.20. The van der Waals surface area contributed by atoms with Crippen molar-refractivity contribution in [1.29, 1.82) is 0 Å². The zero-order valence-corrected chi connectivity index (χ0v) is 18.9. The van der Waals surface area contributed by atoms with Crippen LogP contribution < -0.4 is 16.4 Å². The summed E-state index contributed by atoms with van der Waals surface area (Å²) >= 11 is 0. The van der Waals surface area contributed by atoms with Crippen molar-refractivity contribution in [3.63, 3.8) is 0 Å². The average molecular weight is 467 g/mol. The van der Waals surface area contributed by atoms with E-state index in [-0.39, 0.29) is 12.3 Å². The number of benzene rings is 2. The second-order valence-electron chi connectivity index (χ2n) is 8.35. The van der Waals surface area contributed by atoms with Crippen LogP contribution in [0.4, 0.5) is 0 Å². The molecule has 0 aromatic heterocycles. The Morgan fingerprint density at radius 1 is 0.971 bits per heavy atom. The highest BCUT2D eigenvalue weighted by molar-refractivity contribution is 5.94. The van der Waals surface area contributed by atoms with Gasteiger partial charge in [-0.2, -0.15) is 0 Å². The second-order valence-corrected chi connectivity index (χ2v) is 8.35. The number of amides is 3. The van der Waals surface area contributed by atoms with Crippen LogP contribution >= 0.6 is 0 Å². The average Bonchev–Trinajstić information content (AvgIpc) is 3.33. The maximum Gasteiger partial charge on any atom is 0.322 e. The lowest BCUT2D eigenvalue weighted by molar-refractivity contribution is -0.141. The van der Waals surface area contributed by atoms with Crippen molar-refractivity contribution in [3.05, 3.63) is 71.8 Å². The minimum Gasteiger partial charge on any atom is -0.480 e. The maximum absolute atomic E-state index is 13.1. The molecule has 0 radical (unpaired) electrons. The summed E-state index contributed by atoms with van der Waals surface area (Å²) in [7, 11) is 0. The third kappa shape index (κ3) is 6.89. The molecule has 1 saturated heterocycles. The Labute approximate surface area is 198 Å². The summed E-state index contributed by atoms with van der Waals surface area (Å²) in [5.74, 6) is -2.55. The summed E-state index contributed by atoms with van der Waals surface area (Å²) in [6.45, 7) is -0.143. The standard InChI is InChI=1S/C25H30N4O5/c26-19(14-17-8-3-1-4-9-17)25(34)29-13-7-12-21(29)24(33)28-20(23(32)27-16-22(30)31)15-18-10-5-2-6-11-18/h1-6,8-11,19-21H,7,12-16,26H2,(H,27,32)(H,28,33)(H,30,31). The van der Waals surface area contributed by atoms with Gasteiger partial charge >= 0.3 is 5.97 Å². The van der Waals surface area contributed by atoms with Gasteiger partial charge in [-0.25, -0.2) is 0 Å². The van der Waals surface area contributed by atoms with E-state index in [9.17, 15) is 19.2 Å². The predicted molar refractivity (Wildman–Crippen MR) is 126 cm³/mol. The van der Waals surface area contributed by atoms with Gasteiger partial charge in [0.1, 0.15) is 18.6 Å². The molecule has 9 nitrogen and oxygen atoms in total. The SMILES string of the molecule is NC(Cc1ccccc1)C(=O)N1CCCC1C(=O)NC(Cc1ccccc1)C(=O)NCC(=O)O. The highest BCUT2D eigenvalue weighted by atomic mass is 16.4. The first-order valence-electron chi connectivity index (χ1n) is 11.3. The van der Waals surface area contributed by atoms with Crippen molar-refractivity contribution in [1.82, 2.24) is 15.5 Å². The van der Waals surface area contributed by atoms with E-state index in [1.165, 1.54) is 4.90 Å². The van der Waals surface area contributed by atoms with Crippen LogP contribution in [0.15, 0.2) is 60.7 Å². The number of likely N-dealkylation sites (tertiary alicyclic amines) is 1. The Morgan fingerprint density at radius 3 is 2.15 bits per heavy atom. The zero-order chi connectivity index (χ0) is 24.5. The van der Waals surface area contributed by atoms with Crippen molar-refractivity contribution >= 4 is 23.7 Å². The van der Waals surface area contributed by atoms with Gasteiger partial charge in [0.15, 0.2) is 0 Å². The first kappa shape index (κ1) is 24.9. The van der Waals surface area contributed by atoms with Crippen molar-refractivity contribution in [2.75, 3.05) is 13.1 Å². The summed E-state index contributed by atoms with van der Waals surface area (Å²) < 4.78 is 0. The van der Waals surface area contributed by atoms with E-state index in [0.717, 1.165) is 11.1 Å². The van der Waals surface area contributed by atoms with Crippen LogP contribution in [0.1, 0.15) is 24.0 Å². The molecule has 2 aromatic carbocycles. The number of nitrogens with one attached hydrogen (secondary N) is 2. The molecule has 3 amide bonds. The number of aliphatic carboxylic acids is 1. The van der Waals surface area contributed by atoms with Gasteiger partial charge in [0.25, 0.3) is 0 Å². The Bertz CT molecular complexity index is 999. The van der Waals surface area contributed by atoms with Gasteiger partial charge in [0.05, 0.1) is 6.04 Å². The molecule has 1 fully saturated rings. The number of nitrogens with zero attached hydrogens (tertiary/aromatic N) is 1. The number of carboxylic acids is 1. The van der Waals surface area contributed by atoms with Crippen LogP contribution in [-0.2, 0) is 32.0 Å². The molecule has 5 N–H and O–H groups in total. The van der Waals surface area contributed by atoms with E-state index < -0.39 is 42.5 Å². The van der Waals surface area contributed by atoms with Crippen LogP contribution in [0.2, 0.25) is 0 Å². The molecule has 0 bridgehead atoms. The summed E-state index contributed by atoms with van der Waals surface area (Å²) in [6.07, 6.45) is 1.66. The third-order valence-corrected chi connectivity index (χ3v) is 5.78. The molecule has 3 atom stereocenters. The van der Waals surface area contributed by atoms with Crippen LogP contribution in [0, 0.1) is 0 Å². The molecule has 9 heteroatoms. The van der Waals surface area contributed by atoms with Crippen LogP contribution in [0.5, 0.6) is 0 Å². The fraction of sp³-hybridized carbons (Fsp3) is 0.360. The fourth-order valence-electron chi connectivity index (χ4n) is 4.08. The highest BCUT2D eigenvalue weighted by Gasteiger charge is 2.37. The molecule has 1 aliphatic heterocycles. The summed E-state index contributed by atoms with van der Waals surface area (Å²) in [5, 5.41) is 13.9. The Hall–Kier alpha value is -3.72. The number of carboxylic acid groups (broad SMARTS) is 1. The Balaban J connectivity index is 1.68.